The zero-order chi connectivity index (χ0) is 19.8. The molecule has 0 radical (unpaired) electrons. The maximum absolute atomic E-state index is 12.4. The van der Waals surface area contributed by atoms with E-state index >= 15 is 0 Å². The number of anilines is 3. The number of hydrogen-bond acceptors (Lipinski definition) is 4. The molecular weight excluding hydrogens is 342 g/mol. The molecule has 0 saturated carbocycles. The van der Waals surface area contributed by atoms with Gasteiger partial charge in [-0.05, 0) is 56.2 Å². The predicted molar refractivity (Wildman–Crippen MR) is 109 cm³/mol. The second kappa shape index (κ2) is 9.73. The summed E-state index contributed by atoms with van der Waals surface area (Å²) in [5.74, 6) is -0.363. The van der Waals surface area contributed by atoms with Gasteiger partial charge in [0.25, 0.3) is 5.91 Å². The van der Waals surface area contributed by atoms with Crippen molar-refractivity contribution in [1.82, 2.24) is 0 Å². The van der Waals surface area contributed by atoms with Gasteiger partial charge in [-0.3, -0.25) is 9.59 Å². The number of methoxy groups -OCH3 is 1. The van der Waals surface area contributed by atoms with Crippen molar-refractivity contribution in [3.8, 4) is 0 Å². The Morgan fingerprint density at radius 3 is 2.19 bits per heavy atom. The van der Waals surface area contributed by atoms with Crippen molar-refractivity contribution in [2.45, 2.75) is 39.3 Å². The van der Waals surface area contributed by atoms with E-state index < -0.39 is 12.1 Å². The average molecular weight is 369 g/mol. The van der Waals surface area contributed by atoms with E-state index in [0.717, 1.165) is 17.8 Å². The van der Waals surface area contributed by atoms with Crippen LogP contribution >= 0.6 is 0 Å². The van der Waals surface area contributed by atoms with Crippen LogP contribution in [0.5, 0.6) is 0 Å². The van der Waals surface area contributed by atoms with E-state index in [1.807, 2.05) is 36.4 Å². The van der Waals surface area contributed by atoms with Crippen LogP contribution in [0, 0.1) is 0 Å². The van der Waals surface area contributed by atoms with Crippen LogP contribution in [0.2, 0.25) is 0 Å². The Labute approximate surface area is 160 Å². The van der Waals surface area contributed by atoms with E-state index in [9.17, 15) is 9.59 Å². The molecular formula is C21H27N3O3. The van der Waals surface area contributed by atoms with Crippen LogP contribution in [0.4, 0.5) is 17.1 Å². The number of carbonyl (C=O) groups is 2. The fraction of sp³-hybridized carbons (Fsp3) is 0.333. The summed E-state index contributed by atoms with van der Waals surface area (Å²) >= 11 is 0. The summed E-state index contributed by atoms with van der Waals surface area (Å²) in [4.78, 5) is 24.3. The molecule has 6 nitrogen and oxygen atoms in total. The van der Waals surface area contributed by atoms with Gasteiger partial charge >= 0.3 is 0 Å². The third kappa shape index (κ3) is 6.11. The second-order valence-electron chi connectivity index (χ2n) is 6.35. The molecule has 0 aliphatic heterocycles. The summed E-state index contributed by atoms with van der Waals surface area (Å²) in [6, 6.07) is 14.6. The lowest BCUT2D eigenvalue weighted by atomic mass is 10.1. The van der Waals surface area contributed by atoms with Crippen LogP contribution in [0.15, 0.2) is 48.5 Å². The maximum atomic E-state index is 12.4. The number of ether oxygens (including phenoxy) is 1. The largest absolute Gasteiger partial charge is 0.374 e. The topological polar surface area (TPSA) is 79.5 Å². The lowest BCUT2D eigenvalue weighted by Gasteiger charge is -2.17. The van der Waals surface area contributed by atoms with Gasteiger partial charge in [0.1, 0.15) is 12.1 Å². The van der Waals surface area contributed by atoms with E-state index in [4.69, 9.17) is 4.74 Å². The van der Waals surface area contributed by atoms with Crippen LogP contribution in [0.1, 0.15) is 26.3 Å². The molecule has 2 aromatic rings. The highest BCUT2D eigenvalue weighted by molar-refractivity contribution is 5.97. The van der Waals surface area contributed by atoms with E-state index in [-0.39, 0.29) is 11.8 Å². The van der Waals surface area contributed by atoms with Gasteiger partial charge in [-0.15, -0.1) is 0 Å². The molecule has 0 bridgehead atoms. The first-order valence-corrected chi connectivity index (χ1v) is 9.03. The van der Waals surface area contributed by atoms with Gasteiger partial charge in [0.05, 0.1) is 0 Å². The maximum Gasteiger partial charge on any atom is 0.253 e. The SMILES string of the molecule is CCc1ccc(NC(=O)C(C)Nc2cccc(NC(=O)C(C)OC)c2)cc1. The molecule has 0 aromatic heterocycles. The van der Waals surface area contributed by atoms with Crippen LogP contribution in [0.25, 0.3) is 0 Å². The van der Waals surface area contributed by atoms with Crippen LogP contribution < -0.4 is 16.0 Å². The highest BCUT2D eigenvalue weighted by Gasteiger charge is 2.14. The standard InChI is InChI=1S/C21H27N3O3/c1-5-16-9-11-17(12-10-16)23-20(25)14(2)22-18-7-6-8-19(13-18)24-21(26)15(3)27-4/h6-15,22H,5H2,1-4H3,(H,23,25)(H,24,26). The van der Waals surface area contributed by atoms with E-state index in [2.05, 4.69) is 22.9 Å². The normalized spacial score (nSPS) is 12.7. The molecule has 0 aliphatic carbocycles. The van der Waals surface area contributed by atoms with Gasteiger partial charge in [-0.25, -0.2) is 0 Å². The number of carbonyl (C=O) groups excluding carboxylic acids is 2. The van der Waals surface area contributed by atoms with E-state index in [0.29, 0.717) is 5.69 Å². The Bertz CT molecular complexity index is 774. The molecule has 0 spiro atoms. The van der Waals surface area contributed by atoms with Gasteiger partial charge in [0, 0.05) is 24.2 Å². The molecule has 144 valence electrons. The fourth-order valence-corrected chi connectivity index (χ4v) is 2.43. The molecule has 0 heterocycles. The number of hydrogen-bond donors (Lipinski definition) is 3. The van der Waals surface area contributed by atoms with E-state index in [1.165, 1.54) is 12.7 Å². The molecule has 3 N–H and O–H groups in total. The van der Waals surface area contributed by atoms with Gasteiger partial charge < -0.3 is 20.7 Å². The highest BCUT2D eigenvalue weighted by atomic mass is 16.5. The molecule has 0 saturated heterocycles. The Kier molecular flexibility index (Phi) is 7.37. The number of nitrogens with one attached hydrogen (secondary N) is 3. The molecule has 2 unspecified atom stereocenters. The van der Waals surface area contributed by atoms with Crippen molar-refractivity contribution in [2.24, 2.45) is 0 Å². The Balaban J connectivity index is 1.95. The molecule has 6 heteroatoms. The third-order valence-corrected chi connectivity index (χ3v) is 4.26. The minimum absolute atomic E-state index is 0.137. The molecule has 2 atom stereocenters. The monoisotopic (exact) mass is 369 g/mol. The molecule has 2 rings (SSSR count). The summed E-state index contributed by atoms with van der Waals surface area (Å²) in [6.45, 7) is 5.55. The minimum Gasteiger partial charge on any atom is -0.374 e. The third-order valence-electron chi connectivity index (χ3n) is 4.26. The first-order chi connectivity index (χ1) is 12.9. The first-order valence-electron chi connectivity index (χ1n) is 9.03. The molecule has 2 aromatic carbocycles. The summed E-state index contributed by atoms with van der Waals surface area (Å²) in [7, 11) is 1.48. The van der Waals surface area contributed by atoms with Gasteiger partial charge in [-0.1, -0.05) is 25.1 Å². The number of benzene rings is 2. The van der Waals surface area contributed by atoms with Crippen LogP contribution in [0.3, 0.4) is 0 Å². The minimum atomic E-state index is -0.537. The fourth-order valence-electron chi connectivity index (χ4n) is 2.43. The number of amides is 2. The lowest BCUT2D eigenvalue weighted by molar-refractivity contribution is -0.124. The molecule has 0 fully saturated rings. The lowest BCUT2D eigenvalue weighted by Crippen LogP contribution is -2.32. The van der Waals surface area contributed by atoms with E-state index in [1.54, 1.807) is 26.0 Å². The Morgan fingerprint density at radius 2 is 1.56 bits per heavy atom. The Hall–Kier alpha value is -2.86. The second-order valence-corrected chi connectivity index (χ2v) is 6.35. The van der Waals surface area contributed by atoms with Crippen molar-refractivity contribution in [3.63, 3.8) is 0 Å². The highest BCUT2D eigenvalue weighted by Crippen LogP contribution is 2.17. The number of aryl methyl sites for hydroxylation is 1. The summed E-state index contributed by atoms with van der Waals surface area (Å²) in [5, 5.41) is 8.82. The molecule has 27 heavy (non-hydrogen) atoms. The van der Waals surface area contributed by atoms with Crippen molar-refractivity contribution in [3.05, 3.63) is 54.1 Å². The number of rotatable bonds is 8. The van der Waals surface area contributed by atoms with Crippen molar-refractivity contribution in [2.75, 3.05) is 23.1 Å². The summed E-state index contributed by atoms with van der Waals surface area (Å²) < 4.78 is 5.00. The average Bonchev–Trinajstić information content (AvgIpc) is 2.68. The van der Waals surface area contributed by atoms with Crippen molar-refractivity contribution >= 4 is 28.9 Å². The van der Waals surface area contributed by atoms with Crippen molar-refractivity contribution < 1.29 is 14.3 Å². The summed E-state index contributed by atoms with van der Waals surface area (Å²) in [6.07, 6.45) is 0.424. The van der Waals surface area contributed by atoms with Gasteiger partial charge in [0.15, 0.2) is 0 Å². The van der Waals surface area contributed by atoms with Crippen molar-refractivity contribution in [1.29, 1.82) is 0 Å². The smallest absolute Gasteiger partial charge is 0.253 e. The van der Waals surface area contributed by atoms with Crippen LogP contribution in [-0.2, 0) is 20.7 Å². The first kappa shape index (κ1) is 20.5. The van der Waals surface area contributed by atoms with Gasteiger partial charge in [-0.2, -0.15) is 0 Å². The summed E-state index contributed by atoms with van der Waals surface area (Å²) in [5.41, 5.74) is 3.36. The van der Waals surface area contributed by atoms with Crippen LogP contribution in [-0.4, -0.2) is 31.1 Å². The zero-order valence-electron chi connectivity index (χ0n) is 16.2. The predicted octanol–water partition coefficient (Wildman–Crippen LogP) is 3.66. The molecule has 0 aliphatic rings. The zero-order valence-corrected chi connectivity index (χ0v) is 16.2. The van der Waals surface area contributed by atoms with Gasteiger partial charge in [0.2, 0.25) is 5.91 Å². The Morgan fingerprint density at radius 1 is 0.926 bits per heavy atom. The molecule has 2 amide bonds. The quantitative estimate of drug-likeness (QED) is 0.663.